The number of oxime groups is 1. The Kier molecular flexibility index (Phi) is 4.73. The molecule has 3 aliphatic rings. The van der Waals surface area contributed by atoms with Gasteiger partial charge in [0.25, 0.3) is 5.91 Å². The fraction of sp³-hybridized carbons (Fsp3) is 0.348. The van der Waals surface area contributed by atoms with Gasteiger partial charge in [-0.2, -0.15) is 0 Å². The second-order valence-corrected chi connectivity index (χ2v) is 8.01. The average molecular weight is 407 g/mol. The number of nitrogens with one attached hydrogen (secondary N) is 1. The summed E-state index contributed by atoms with van der Waals surface area (Å²) in [4.78, 5) is 33.2. The number of ketones is 1. The minimum absolute atomic E-state index is 0.0120. The van der Waals surface area contributed by atoms with Crippen LogP contribution in [0.1, 0.15) is 28.8 Å². The van der Waals surface area contributed by atoms with Gasteiger partial charge in [0.1, 0.15) is 5.82 Å². The van der Waals surface area contributed by atoms with Gasteiger partial charge in [-0.15, -0.1) is 0 Å². The van der Waals surface area contributed by atoms with Gasteiger partial charge >= 0.3 is 0 Å². The molecule has 0 aliphatic carbocycles. The summed E-state index contributed by atoms with van der Waals surface area (Å²) in [5.74, 6) is -0.694. The number of para-hydroxylation sites is 1. The van der Waals surface area contributed by atoms with Crippen molar-refractivity contribution in [2.45, 2.75) is 18.9 Å². The van der Waals surface area contributed by atoms with Crippen LogP contribution >= 0.6 is 0 Å². The summed E-state index contributed by atoms with van der Waals surface area (Å²) in [7, 11) is 0. The quantitative estimate of drug-likeness (QED) is 0.794. The number of piperidine rings is 1. The maximum atomic E-state index is 13.1. The third kappa shape index (κ3) is 3.24. The molecule has 0 bridgehead atoms. The molecule has 5 rings (SSSR count). The highest BCUT2D eigenvalue weighted by molar-refractivity contribution is 6.11. The van der Waals surface area contributed by atoms with E-state index in [4.69, 9.17) is 4.84 Å². The molecule has 0 aromatic heterocycles. The van der Waals surface area contributed by atoms with E-state index in [-0.39, 0.29) is 29.3 Å². The summed E-state index contributed by atoms with van der Waals surface area (Å²) < 4.78 is 13.1. The van der Waals surface area contributed by atoms with Crippen molar-refractivity contribution in [3.63, 3.8) is 0 Å². The van der Waals surface area contributed by atoms with Crippen molar-refractivity contribution in [2.24, 2.45) is 17.0 Å². The summed E-state index contributed by atoms with van der Waals surface area (Å²) in [5, 5.41) is 7.59. The first-order valence-electron chi connectivity index (χ1n) is 10.3. The summed E-state index contributed by atoms with van der Waals surface area (Å²) in [6.45, 7) is 1.61. The monoisotopic (exact) mass is 407 g/mol. The lowest BCUT2D eigenvalue weighted by Crippen LogP contribution is -2.49. The average Bonchev–Trinajstić information content (AvgIpc) is 3.23. The van der Waals surface area contributed by atoms with Crippen molar-refractivity contribution >= 4 is 23.1 Å². The highest BCUT2D eigenvalue weighted by atomic mass is 19.1. The van der Waals surface area contributed by atoms with Crippen molar-refractivity contribution in [2.75, 3.05) is 25.0 Å². The third-order valence-electron chi connectivity index (χ3n) is 6.25. The number of anilines is 1. The number of amides is 1. The Morgan fingerprint density at radius 3 is 2.57 bits per heavy atom. The van der Waals surface area contributed by atoms with E-state index in [0.29, 0.717) is 38.0 Å². The number of halogens is 1. The van der Waals surface area contributed by atoms with Crippen LogP contribution in [0.25, 0.3) is 0 Å². The van der Waals surface area contributed by atoms with E-state index in [0.717, 1.165) is 17.0 Å². The minimum atomic E-state index is -0.634. The second-order valence-electron chi connectivity index (χ2n) is 8.01. The number of benzene rings is 2. The van der Waals surface area contributed by atoms with Crippen molar-refractivity contribution in [1.82, 2.24) is 4.90 Å². The summed E-state index contributed by atoms with van der Waals surface area (Å²) in [6, 6.07) is 13.5. The van der Waals surface area contributed by atoms with Gasteiger partial charge in [0.15, 0.2) is 5.78 Å². The van der Waals surface area contributed by atoms with E-state index in [2.05, 4.69) is 10.5 Å². The first-order chi connectivity index (χ1) is 14.6. The number of likely N-dealkylation sites (tertiary alicyclic amines) is 1. The Bertz CT molecular complexity index is 1010. The van der Waals surface area contributed by atoms with Crippen LogP contribution in [0.5, 0.6) is 0 Å². The molecule has 2 atom stereocenters. The molecule has 0 saturated carbocycles. The molecular formula is C23H22FN3O3. The highest BCUT2D eigenvalue weighted by Gasteiger charge is 2.44. The Morgan fingerprint density at radius 1 is 1.07 bits per heavy atom. The number of rotatable bonds is 3. The smallest absolute Gasteiger partial charge is 0.267 e. The third-order valence-corrected chi connectivity index (χ3v) is 6.25. The van der Waals surface area contributed by atoms with Crippen molar-refractivity contribution in [1.29, 1.82) is 0 Å². The number of nitrogens with zero attached hydrogens (tertiary/aromatic N) is 2. The number of carbonyl (C=O) groups excluding carboxylic acids is 2. The molecule has 3 heterocycles. The number of fused-ring (bicyclic) bond motifs is 3. The first-order valence-corrected chi connectivity index (χ1v) is 10.3. The standard InChI is InChI=1S/C23H22FN3O3/c24-16-7-5-14(6-8-16)21(28)15-9-11-27(12-10-15)23(29)22-18-13-25-19-4-2-1-3-17(19)20(18)26-30-22/h1-8,15,18,22,25H,9-13H2/t18-,22-/m0/s1. The lowest BCUT2D eigenvalue weighted by molar-refractivity contribution is -0.145. The Morgan fingerprint density at radius 2 is 1.80 bits per heavy atom. The fourth-order valence-electron chi connectivity index (χ4n) is 4.54. The molecule has 7 heteroatoms. The van der Waals surface area contributed by atoms with Crippen LogP contribution in [0.15, 0.2) is 53.7 Å². The zero-order chi connectivity index (χ0) is 20.7. The maximum absolute atomic E-state index is 13.1. The molecule has 3 aliphatic heterocycles. The van der Waals surface area contributed by atoms with Gasteiger partial charge in [0.05, 0.1) is 11.6 Å². The zero-order valence-corrected chi connectivity index (χ0v) is 16.4. The van der Waals surface area contributed by atoms with E-state index in [9.17, 15) is 14.0 Å². The number of hydrogen-bond donors (Lipinski definition) is 1. The predicted octanol–water partition coefficient (Wildman–Crippen LogP) is 3.09. The number of carbonyl (C=O) groups is 2. The molecule has 1 N–H and O–H groups in total. The van der Waals surface area contributed by atoms with Crippen LogP contribution in [-0.2, 0) is 9.63 Å². The lowest BCUT2D eigenvalue weighted by Gasteiger charge is -2.34. The molecule has 2 aromatic carbocycles. The Labute approximate surface area is 173 Å². The van der Waals surface area contributed by atoms with Crippen LogP contribution in [-0.4, -0.2) is 48.0 Å². The van der Waals surface area contributed by atoms with Crippen molar-refractivity contribution < 1.29 is 18.8 Å². The predicted molar refractivity (Wildman–Crippen MR) is 110 cm³/mol. The number of Topliss-reactive ketones (excluding diaryl/α,β-unsaturated/α-hetero) is 1. The molecule has 0 radical (unpaired) electrons. The van der Waals surface area contributed by atoms with Gasteiger partial charge in [-0.1, -0.05) is 23.4 Å². The summed E-state index contributed by atoms with van der Waals surface area (Å²) in [6.07, 6.45) is 0.549. The van der Waals surface area contributed by atoms with Crippen LogP contribution < -0.4 is 5.32 Å². The molecule has 0 unspecified atom stereocenters. The minimum Gasteiger partial charge on any atom is -0.384 e. The number of hydrogen-bond acceptors (Lipinski definition) is 5. The van der Waals surface area contributed by atoms with Gasteiger partial charge in [0, 0.05) is 42.4 Å². The van der Waals surface area contributed by atoms with Crippen molar-refractivity contribution in [3.05, 3.63) is 65.5 Å². The van der Waals surface area contributed by atoms with Gasteiger partial charge in [-0.3, -0.25) is 9.59 Å². The maximum Gasteiger partial charge on any atom is 0.267 e. The fourth-order valence-corrected chi connectivity index (χ4v) is 4.54. The van der Waals surface area contributed by atoms with Crippen LogP contribution in [0.4, 0.5) is 10.1 Å². The van der Waals surface area contributed by atoms with E-state index in [1.807, 2.05) is 24.3 Å². The first kappa shape index (κ1) is 18.8. The normalized spacial score (nSPS) is 23.0. The largest absolute Gasteiger partial charge is 0.384 e. The van der Waals surface area contributed by atoms with Gasteiger partial charge in [0.2, 0.25) is 6.10 Å². The topological polar surface area (TPSA) is 71.0 Å². The summed E-state index contributed by atoms with van der Waals surface area (Å²) in [5.41, 5.74) is 3.33. The van der Waals surface area contributed by atoms with E-state index >= 15 is 0 Å². The van der Waals surface area contributed by atoms with Gasteiger partial charge in [-0.05, 0) is 43.2 Å². The van der Waals surface area contributed by atoms with Crippen molar-refractivity contribution in [3.8, 4) is 0 Å². The molecule has 1 amide bonds. The summed E-state index contributed by atoms with van der Waals surface area (Å²) >= 11 is 0. The van der Waals surface area contributed by atoms with Gasteiger partial charge in [-0.25, -0.2) is 4.39 Å². The van der Waals surface area contributed by atoms with Crippen LogP contribution in [0.3, 0.4) is 0 Å². The Balaban J connectivity index is 1.22. The van der Waals surface area contributed by atoms with Gasteiger partial charge < -0.3 is 15.1 Å². The molecule has 1 fully saturated rings. The molecule has 154 valence electrons. The molecular weight excluding hydrogens is 385 g/mol. The second kappa shape index (κ2) is 7.55. The van der Waals surface area contributed by atoms with Crippen LogP contribution in [0, 0.1) is 17.7 Å². The Hall–Kier alpha value is -3.22. The van der Waals surface area contributed by atoms with E-state index in [1.165, 1.54) is 24.3 Å². The molecule has 2 aromatic rings. The molecule has 0 spiro atoms. The molecule has 30 heavy (non-hydrogen) atoms. The SMILES string of the molecule is O=C(c1ccc(F)cc1)C1CCN(C(=O)[C@H]2ON=C3c4ccccc4NC[C@@H]32)CC1. The van der Waals surface area contributed by atoms with Crippen LogP contribution in [0.2, 0.25) is 0 Å². The molecule has 1 saturated heterocycles. The highest BCUT2D eigenvalue weighted by Crippen LogP contribution is 2.33. The lowest BCUT2D eigenvalue weighted by atomic mass is 9.86. The van der Waals surface area contributed by atoms with E-state index in [1.54, 1.807) is 4.90 Å². The van der Waals surface area contributed by atoms with E-state index < -0.39 is 6.10 Å². The molecule has 6 nitrogen and oxygen atoms in total. The zero-order valence-electron chi connectivity index (χ0n) is 16.4.